The summed E-state index contributed by atoms with van der Waals surface area (Å²) in [5.41, 5.74) is 1.80. The van der Waals surface area contributed by atoms with Crippen molar-refractivity contribution in [3.8, 4) is 0 Å². The molecule has 18 heavy (non-hydrogen) atoms. The average Bonchev–Trinajstić information content (AvgIpc) is 2.71. The molecule has 0 unspecified atom stereocenters. The number of fused-ring (bicyclic) bond motifs is 1. The highest BCUT2D eigenvalue weighted by molar-refractivity contribution is 5.72. The fourth-order valence-electron chi connectivity index (χ4n) is 2.69. The summed E-state index contributed by atoms with van der Waals surface area (Å²) >= 11 is 0. The summed E-state index contributed by atoms with van der Waals surface area (Å²) in [4.78, 5) is 7.00. The van der Waals surface area contributed by atoms with Crippen molar-refractivity contribution in [3.05, 3.63) is 30.2 Å². The van der Waals surface area contributed by atoms with Gasteiger partial charge in [0, 0.05) is 12.1 Å². The van der Waals surface area contributed by atoms with Gasteiger partial charge >= 0.3 is 0 Å². The van der Waals surface area contributed by atoms with Crippen LogP contribution in [0.5, 0.6) is 0 Å². The molecule has 0 radical (unpaired) electrons. The Kier molecular flexibility index (Phi) is 3.71. The van der Waals surface area contributed by atoms with E-state index in [4.69, 9.17) is 4.42 Å². The topological polar surface area (TPSA) is 29.3 Å². The molecule has 1 atom stereocenters. The van der Waals surface area contributed by atoms with Crippen LogP contribution in [0, 0.1) is 0 Å². The number of oxazole rings is 1. The second kappa shape index (κ2) is 5.11. The van der Waals surface area contributed by atoms with Crippen molar-refractivity contribution in [2.24, 2.45) is 0 Å². The Morgan fingerprint density at radius 2 is 1.61 bits per heavy atom. The minimum absolute atomic E-state index is 0.192. The van der Waals surface area contributed by atoms with Crippen molar-refractivity contribution in [2.75, 3.05) is 0 Å². The maximum Gasteiger partial charge on any atom is 0.212 e. The van der Waals surface area contributed by atoms with Crippen LogP contribution in [0.2, 0.25) is 0 Å². The van der Waals surface area contributed by atoms with E-state index in [1.54, 1.807) is 0 Å². The number of nitrogens with zero attached hydrogens (tertiary/aromatic N) is 2. The Hall–Kier alpha value is -1.35. The first kappa shape index (κ1) is 13.1. The quantitative estimate of drug-likeness (QED) is 0.816. The van der Waals surface area contributed by atoms with Crippen LogP contribution in [0.4, 0.5) is 0 Å². The lowest BCUT2D eigenvalue weighted by Crippen LogP contribution is -2.39. The summed E-state index contributed by atoms with van der Waals surface area (Å²) < 4.78 is 5.86. The third kappa shape index (κ3) is 2.41. The monoisotopic (exact) mass is 246 g/mol. The fourth-order valence-corrected chi connectivity index (χ4v) is 2.69. The molecule has 1 aromatic heterocycles. The van der Waals surface area contributed by atoms with Gasteiger partial charge in [0.2, 0.25) is 5.89 Å². The first-order valence-electron chi connectivity index (χ1n) is 6.63. The van der Waals surface area contributed by atoms with Gasteiger partial charge in [-0.2, -0.15) is 0 Å². The van der Waals surface area contributed by atoms with E-state index < -0.39 is 0 Å². The van der Waals surface area contributed by atoms with Gasteiger partial charge in [-0.1, -0.05) is 12.1 Å². The molecule has 0 aliphatic heterocycles. The molecule has 98 valence electrons. The number of hydrogen-bond donors (Lipinski definition) is 0. The Morgan fingerprint density at radius 1 is 1.00 bits per heavy atom. The Balaban J connectivity index is 2.34. The van der Waals surface area contributed by atoms with E-state index in [0.717, 1.165) is 17.0 Å². The summed E-state index contributed by atoms with van der Waals surface area (Å²) in [5.74, 6) is 0.804. The Bertz CT molecular complexity index is 475. The molecule has 0 saturated heterocycles. The highest BCUT2D eigenvalue weighted by atomic mass is 16.3. The van der Waals surface area contributed by atoms with Gasteiger partial charge in [0.1, 0.15) is 5.52 Å². The lowest BCUT2D eigenvalue weighted by Gasteiger charge is -2.34. The molecular formula is C15H22N2O. The van der Waals surface area contributed by atoms with E-state index in [0.29, 0.717) is 12.1 Å². The van der Waals surface area contributed by atoms with E-state index in [-0.39, 0.29) is 6.04 Å². The van der Waals surface area contributed by atoms with E-state index in [1.165, 1.54) is 0 Å². The Labute approximate surface area is 109 Å². The summed E-state index contributed by atoms with van der Waals surface area (Å²) in [6.45, 7) is 11.0. The summed E-state index contributed by atoms with van der Waals surface area (Å²) in [6, 6.07) is 9.05. The zero-order valence-corrected chi connectivity index (χ0v) is 11.8. The number of para-hydroxylation sites is 2. The molecule has 2 aromatic rings. The first-order chi connectivity index (χ1) is 8.50. The van der Waals surface area contributed by atoms with Crippen molar-refractivity contribution < 1.29 is 4.42 Å². The predicted octanol–water partition coefficient (Wildman–Crippen LogP) is 4.01. The van der Waals surface area contributed by atoms with E-state index in [1.807, 2.05) is 24.3 Å². The highest BCUT2D eigenvalue weighted by Crippen LogP contribution is 2.27. The lowest BCUT2D eigenvalue weighted by atomic mass is 10.1. The van der Waals surface area contributed by atoms with Crippen LogP contribution in [-0.2, 0) is 0 Å². The maximum absolute atomic E-state index is 5.86. The zero-order chi connectivity index (χ0) is 13.3. The predicted molar refractivity (Wildman–Crippen MR) is 74.5 cm³/mol. The highest BCUT2D eigenvalue weighted by Gasteiger charge is 2.25. The van der Waals surface area contributed by atoms with Crippen LogP contribution >= 0.6 is 0 Å². The molecule has 0 aliphatic rings. The molecule has 0 saturated carbocycles. The van der Waals surface area contributed by atoms with Crippen molar-refractivity contribution >= 4 is 11.1 Å². The van der Waals surface area contributed by atoms with Crippen LogP contribution in [0.25, 0.3) is 11.1 Å². The van der Waals surface area contributed by atoms with Gasteiger partial charge in [0.15, 0.2) is 5.58 Å². The fraction of sp³-hybridized carbons (Fsp3) is 0.533. The van der Waals surface area contributed by atoms with E-state index in [9.17, 15) is 0 Å². The smallest absolute Gasteiger partial charge is 0.212 e. The van der Waals surface area contributed by atoms with Crippen molar-refractivity contribution in [2.45, 2.75) is 52.7 Å². The summed E-state index contributed by atoms with van der Waals surface area (Å²) in [7, 11) is 0. The van der Waals surface area contributed by atoms with Gasteiger partial charge in [-0.3, -0.25) is 4.90 Å². The SMILES string of the molecule is CC(C)N(C(C)C)[C@H](C)c1nc2ccccc2o1. The second-order valence-electron chi connectivity index (χ2n) is 5.33. The molecule has 0 N–H and O–H groups in total. The van der Waals surface area contributed by atoms with E-state index >= 15 is 0 Å². The molecule has 2 rings (SSSR count). The molecular weight excluding hydrogens is 224 g/mol. The first-order valence-corrected chi connectivity index (χ1v) is 6.63. The minimum Gasteiger partial charge on any atom is -0.439 e. The third-order valence-corrected chi connectivity index (χ3v) is 3.31. The van der Waals surface area contributed by atoms with Crippen molar-refractivity contribution in [1.29, 1.82) is 0 Å². The van der Waals surface area contributed by atoms with Crippen molar-refractivity contribution in [1.82, 2.24) is 9.88 Å². The normalized spacial score (nSPS) is 14.0. The summed E-state index contributed by atoms with van der Waals surface area (Å²) in [5, 5.41) is 0. The standard InChI is InChI=1S/C15H22N2O/c1-10(2)17(11(3)4)12(5)15-16-13-8-6-7-9-14(13)18-15/h6-12H,1-5H3/t12-/m1/s1. The summed E-state index contributed by atoms with van der Waals surface area (Å²) in [6.07, 6.45) is 0. The maximum atomic E-state index is 5.86. The van der Waals surface area contributed by atoms with Crippen LogP contribution in [0.3, 0.4) is 0 Å². The van der Waals surface area contributed by atoms with Crippen molar-refractivity contribution in [3.63, 3.8) is 0 Å². The molecule has 1 aromatic carbocycles. The van der Waals surface area contributed by atoms with Crippen LogP contribution in [0.1, 0.15) is 46.6 Å². The van der Waals surface area contributed by atoms with Crippen LogP contribution in [-0.4, -0.2) is 22.0 Å². The van der Waals surface area contributed by atoms with Crippen LogP contribution < -0.4 is 0 Å². The number of rotatable bonds is 4. The molecule has 0 amide bonds. The Morgan fingerprint density at radius 3 is 2.17 bits per heavy atom. The average molecular weight is 246 g/mol. The van der Waals surface area contributed by atoms with Gasteiger partial charge in [0.05, 0.1) is 6.04 Å². The largest absolute Gasteiger partial charge is 0.439 e. The molecule has 0 aliphatic carbocycles. The molecule has 0 spiro atoms. The zero-order valence-electron chi connectivity index (χ0n) is 11.8. The molecule has 3 heteroatoms. The second-order valence-corrected chi connectivity index (χ2v) is 5.33. The van der Waals surface area contributed by atoms with E-state index in [2.05, 4.69) is 44.5 Å². The number of benzene rings is 1. The van der Waals surface area contributed by atoms with Gasteiger partial charge < -0.3 is 4.42 Å². The lowest BCUT2D eigenvalue weighted by molar-refractivity contribution is 0.106. The van der Waals surface area contributed by atoms with Gasteiger partial charge in [-0.25, -0.2) is 4.98 Å². The third-order valence-electron chi connectivity index (χ3n) is 3.31. The van der Waals surface area contributed by atoms with Gasteiger partial charge in [-0.15, -0.1) is 0 Å². The molecule has 0 bridgehead atoms. The number of aromatic nitrogens is 1. The van der Waals surface area contributed by atoms with Gasteiger partial charge in [-0.05, 0) is 46.8 Å². The van der Waals surface area contributed by atoms with Crippen LogP contribution in [0.15, 0.2) is 28.7 Å². The molecule has 3 nitrogen and oxygen atoms in total. The molecule has 1 heterocycles. The number of hydrogen-bond acceptors (Lipinski definition) is 3. The van der Waals surface area contributed by atoms with Gasteiger partial charge in [0.25, 0.3) is 0 Å². The minimum atomic E-state index is 0.192. The molecule has 0 fully saturated rings.